The fraction of sp³-hybridized carbons (Fsp3) is 0.857. The van der Waals surface area contributed by atoms with Crippen molar-refractivity contribution in [3.05, 3.63) is 0 Å². The summed E-state index contributed by atoms with van der Waals surface area (Å²) >= 11 is 0. The Morgan fingerprint density at radius 3 is 3.00 bits per heavy atom. The summed E-state index contributed by atoms with van der Waals surface area (Å²) in [6, 6.07) is -1.10. The Bertz CT molecular complexity index is 219. The van der Waals surface area contributed by atoms with Gasteiger partial charge in [0.2, 0.25) is 0 Å². The van der Waals surface area contributed by atoms with Crippen LogP contribution in [0.3, 0.4) is 0 Å². The molecule has 1 saturated heterocycles. The highest BCUT2D eigenvalue weighted by molar-refractivity contribution is 5.70. The van der Waals surface area contributed by atoms with Gasteiger partial charge in [0.25, 0.3) is 5.92 Å². The third kappa shape index (κ3) is 1.04. The first-order valence-electron chi connectivity index (χ1n) is 3.94. The van der Waals surface area contributed by atoms with Gasteiger partial charge in [-0.15, -0.1) is 0 Å². The zero-order valence-corrected chi connectivity index (χ0v) is 6.35. The lowest BCUT2D eigenvalue weighted by atomic mass is 9.90. The van der Waals surface area contributed by atoms with E-state index in [2.05, 4.69) is 10.1 Å². The van der Waals surface area contributed by atoms with Crippen LogP contribution in [0.4, 0.5) is 13.6 Å². The number of nitrogens with one attached hydrogen (secondary N) is 1. The van der Waals surface area contributed by atoms with Crippen LogP contribution in [0.2, 0.25) is 0 Å². The van der Waals surface area contributed by atoms with Gasteiger partial charge in [0.05, 0.1) is 0 Å². The Morgan fingerprint density at radius 1 is 1.58 bits per heavy atom. The van der Waals surface area contributed by atoms with Crippen molar-refractivity contribution >= 4 is 6.09 Å². The summed E-state index contributed by atoms with van der Waals surface area (Å²) in [6.45, 7) is 0. The predicted molar refractivity (Wildman–Crippen MR) is 36.0 cm³/mol. The van der Waals surface area contributed by atoms with E-state index in [1.807, 2.05) is 0 Å². The highest BCUT2D eigenvalue weighted by Crippen LogP contribution is 2.37. The summed E-state index contributed by atoms with van der Waals surface area (Å²) in [5.41, 5.74) is 0. The molecule has 1 saturated carbocycles. The average molecular weight is 177 g/mol. The lowest BCUT2D eigenvalue weighted by molar-refractivity contribution is -0.0818. The summed E-state index contributed by atoms with van der Waals surface area (Å²) in [4.78, 5) is 10.6. The van der Waals surface area contributed by atoms with E-state index in [1.54, 1.807) is 0 Å². The van der Waals surface area contributed by atoms with Crippen LogP contribution in [0.5, 0.6) is 0 Å². The minimum Gasteiger partial charge on any atom is -0.444 e. The number of hydrogen-bond acceptors (Lipinski definition) is 2. The van der Waals surface area contributed by atoms with E-state index in [1.165, 1.54) is 0 Å². The Hall–Kier alpha value is -0.870. The molecule has 0 aromatic rings. The van der Waals surface area contributed by atoms with Gasteiger partial charge in [-0.25, -0.2) is 13.6 Å². The first-order valence-corrected chi connectivity index (χ1v) is 3.94. The minimum atomic E-state index is -2.80. The Morgan fingerprint density at radius 2 is 2.33 bits per heavy atom. The predicted octanol–water partition coefficient (Wildman–Crippen LogP) is 1.28. The van der Waals surface area contributed by atoms with Crippen LogP contribution in [0.25, 0.3) is 0 Å². The van der Waals surface area contributed by atoms with Gasteiger partial charge in [-0.05, 0) is 12.8 Å². The molecule has 0 aromatic carbocycles. The lowest BCUT2D eigenvalue weighted by Crippen LogP contribution is -2.50. The molecule has 0 spiro atoms. The molecule has 2 atom stereocenters. The summed E-state index contributed by atoms with van der Waals surface area (Å²) in [6.07, 6.45) is -0.534. The number of amides is 1. The van der Waals surface area contributed by atoms with Crippen LogP contribution in [0, 0.1) is 0 Å². The van der Waals surface area contributed by atoms with E-state index in [4.69, 9.17) is 0 Å². The van der Waals surface area contributed by atoms with E-state index in [0.717, 1.165) is 0 Å². The fourth-order valence-corrected chi connectivity index (χ4v) is 1.76. The Balaban J connectivity index is 2.18. The van der Waals surface area contributed by atoms with Gasteiger partial charge in [0, 0.05) is 6.42 Å². The SMILES string of the molecule is O=C1N[C@@H]2[C@@H](CCCC2(F)F)O1. The van der Waals surface area contributed by atoms with Crippen LogP contribution in [-0.2, 0) is 4.74 Å². The zero-order valence-electron chi connectivity index (χ0n) is 6.35. The van der Waals surface area contributed by atoms with Gasteiger partial charge >= 0.3 is 6.09 Å². The molecular weight excluding hydrogens is 168 g/mol. The van der Waals surface area contributed by atoms with Gasteiger partial charge in [-0.3, -0.25) is 0 Å². The van der Waals surface area contributed by atoms with Crippen molar-refractivity contribution in [2.75, 3.05) is 0 Å². The highest BCUT2D eigenvalue weighted by Gasteiger charge is 2.53. The number of alkyl halides is 2. The summed E-state index contributed by atoms with van der Waals surface area (Å²) in [5.74, 6) is -2.80. The number of alkyl carbamates (subject to hydrolysis) is 1. The van der Waals surface area contributed by atoms with Crippen molar-refractivity contribution < 1.29 is 18.3 Å². The number of ether oxygens (including phenoxy) is 1. The first-order chi connectivity index (χ1) is 5.59. The molecule has 0 radical (unpaired) electrons. The van der Waals surface area contributed by atoms with Crippen LogP contribution in [0.15, 0.2) is 0 Å². The second-order valence-electron chi connectivity index (χ2n) is 3.22. The number of hydrogen-bond donors (Lipinski definition) is 1. The normalized spacial score (nSPS) is 38.3. The zero-order chi connectivity index (χ0) is 8.77. The molecule has 0 unspecified atom stereocenters. The van der Waals surface area contributed by atoms with Gasteiger partial charge in [0.15, 0.2) is 0 Å². The van der Waals surface area contributed by atoms with Crippen molar-refractivity contribution in [2.24, 2.45) is 0 Å². The largest absolute Gasteiger partial charge is 0.444 e. The fourth-order valence-electron chi connectivity index (χ4n) is 1.76. The summed E-state index contributed by atoms with van der Waals surface area (Å²) in [5, 5.41) is 2.13. The van der Waals surface area contributed by atoms with E-state index in [0.29, 0.717) is 12.8 Å². The van der Waals surface area contributed by atoms with Crippen LogP contribution < -0.4 is 5.32 Å². The Kier molecular flexibility index (Phi) is 1.49. The number of halogens is 2. The van der Waals surface area contributed by atoms with Crippen molar-refractivity contribution in [3.8, 4) is 0 Å². The van der Waals surface area contributed by atoms with Crippen molar-refractivity contribution in [2.45, 2.75) is 37.3 Å². The second-order valence-corrected chi connectivity index (χ2v) is 3.22. The third-order valence-corrected chi connectivity index (χ3v) is 2.36. The quantitative estimate of drug-likeness (QED) is 0.605. The Labute approximate surface area is 68.1 Å². The molecule has 2 aliphatic rings. The van der Waals surface area contributed by atoms with Gasteiger partial charge in [-0.1, -0.05) is 0 Å². The van der Waals surface area contributed by atoms with E-state index in [9.17, 15) is 13.6 Å². The van der Waals surface area contributed by atoms with Gasteiger partial charge in [-0.2, -0.15) is 0 Å². The maximum atomic E-state index is 13.0. The number of rotatable bonds is 0. The van der Waals surface area contributed by atoms with Crippen LogP contribution >= 0.6 is 0 Å². The van der Waals surface area contributed by atoms with E-state index >= 15 is 0 Å². The van der Waals surface area contributed by atoms with E-state index in [-0.39, 0.29) is 6.42 Å². The van der Waals surface area contributed by atoms with E-state index < -0.39 is 24.2 Å². The van der Waals surface area contributed by atoms with Crippen molar-refractivity contribution in [1.29, 1.82) is 0 Å². The molecule has 2 rings (SSSR count). The molecule has 1 amide bonds. The molecule has 0 bridgehead atoms. The van der Waals surface area contributed by atoms with Crippen LogP contribution in [0.1, 0.15) is 19.3 Å². The molecule has 0 aromatic heterocycles. The number of carbonyl (C=O) groups is 1. The molecule has 5 heteroatoms. The van der Waals surface area contributed by atoms with Crippen molar-refractivity contribution in [1.82, 2.24) is 5.32 Å². The molecule has 3 nitrogen and oxygen atoms in total. The molecule has 1 N–H and O–H groups in total. The molecule has 1 aliphatic carbocycles. The molecular formula is C7H9F2NO2. The maximum Gasteiger partial charge on any atom is 0.408 e. The minimum absolute atomic E-state index is 0.155. The molecule has 1 aliphatic heterocycles. The average Bonchev–Trinajstić information content (AvgIpc) is 2.30. The summed E-state index contributed by atoms with van der Waals surface area (Å²) in [7, 11) is 0. The molecule has 1 heterocycles. The maximum absolute atomic E-state index is 13.0. The van der Waals surface area contributed by atoms with Gasteiger partial charge < -0.3 is 10.1 Å². The lowest BCUT2D eigenvalue weighted by Gasteiger charge is -2.30. The smallest absolute Gasteiger partial charge is 0.408 e. The number of fused-ring (bicyclic) bond motifs is 1. The van der Waals surface area contributed by atoms with Crippen LogP contribution in [-0.4, -0.2) is 24.2 Å². The molecule has 2 fully saturated rings. The first kappa shape index (κ1) is 7.76. The summed E-state index contributed by atoms with van der Waals surface area (Å²) < 4.78 is 30.7. The highest BCUT2D eigenvalue weighted by atomic mass is 19.3. The molecule has 12 heavy (non-hydrogen) atoms. The standard InChI is InChI=1S/C7H9F2NO2/c8-7(9)3-1-2-4-5(7)10-6(11)12-4/h4-5H,1-3H2,(H,10,11)/t4-,5-/m1/s1. The number of carbonyl (C=O) groups excluding carboxylic acids is 1. The monoisotopic (exact) mass is 177 g/mol. The van der Waals surface area contributed by atoms with Gasteiger partial charge in [0.1, 0.15) is 12.1 Å². The second kappa shape index (κ2) is 2.31. The van der Waals surface area contributed by atoms with Crippen molar-refractivity contribution in [3.63, 3.8) is 0 Å². The third-order valence-electron chi connectivity index (χ3n) is 2.36. The topological polar surface area (TPSA) is 38.3 Å². The molecule has 68 valence electrons.